The molecule has 3 heterocycles. The zero-order chi connectivity index (χ0) is 43.7. The van der Waals surface area contributed by atoms with Crippen molar-refractivity contribution in [3.63, 3.8) is 0 Å². The van der Waals surface area contributed by atoms with Crippen molar-refractivity contribution in [2.45, 2.75) is 0 Å². The van der Waals surface area contributed by atoms with Crippen molar-refractivity contribution in [3.05, 3.63) is 218 Å². The Kier molecular flexibility index (Phi) is 8.22. The summed E-state index contributed by atoms with van der Waals surface area (Å²) >= 11 is 4.00. The van der Waals surface area contributed by atoms with E-state index in [-0.39, 0.29) is 14.5 Å². The van der Waals surface area contributed by atoms with Gasteiger partial charge in [0.1, 0.15) is 0 Å². The molecule has 0 saturated carbocycles. The van der Waals surface area contributed by atoms with Crippen molar-refractivity contribution < 1.29 is 0 Å². The fourth-order valence-corrected chi connectivity index (χ4v) is 16.3. The summed E-state index contributed by atoms with van der Waals surface area (Å²) in [5.74, 6) is 0. The van der Waals surface area contributed by atoms with Gasteiger partial charge in [0.2, 0.25) is 0 Å². The van der Waals surface area contributed by atoms with Crippen molar-refractivity contribution in [2.24, 2.45) is 0 Å². The molecule has 0 bridgehead atoms. The van der Waals surface area contributed by atoms with Gasteiger partial charge in [-0.3, -0.25) is 0 Å². The number of thiophene rings is 2. The van der Waals surface area contributed by atoms with Crippen LogP contribution in [0.5, 0.6) is 0 Å². The molecule has 0 saturated heterocycles. The van der Waals surface area contributed by atoms with Gasteiger partial charge in [-0.1, -0.05) is 30.3 Å². The fourth-order valence-electron chi connectivity index (χ4n) is 11.5. The third kappa shape index (κ3) is 5.46. The monoisotopic (exact) mass is 948 g/mol. The quantitative estimate of drug-likeness (QED) is 0.122. The third-order valence-corrected chi connectivity index (χ3v) is 19.1. The molecule has 0 aliphatic rings. The van der Waals surface area contributed by atoms with Crippen LogP contribution < -0.4 is 0 Å². The summed E-state index contributed by atoms with van der Waals surface area (Å²) in [4.78, 5) is 0. The normalized spacial score (nSPS) is 12.2. The molecule has 0 radical (unpaired) electrons. The van der Waals surface area contributed by atoms with E-state index in [9.17, 15) is 0 Å². The van der Waals surface area contributed by atoms with Gasteiger partial charge in [-0.2, -0.15) is 0 Å². The molecule has 3 heteroatoms. The summed E-state index contributed by atoms with van der Waals surface area (Å²) in [6.45, 7) is 0. The van der Waals surface area contributed by atoms with Gasteiger partial charge in [-0.05, 0) is 6.07 Å². The topological polar surface area (TPSA) is 0 Å². The predicted octanol–water partition coefficient (Wildman–Crippen LogP) is 19.1. The molecular weight excluding hydrogens is 912 g/mol. The summed E-state index contributed by atoms with van der Waals surface area (Å²) in [5.41, 5.74) is 10.4. The van der Waals surface area contributed by atoms with E-state index >= 15 is 0 Å². The first-order valence-electron chi connectivity index (χ1n) is 22.9. The minimum atomic E-state index is 0.179. The zero-order valence-corrected chi connectivity index (χ0v) is 39.4. The Hall–Kier alpha value is -7.36. The van der Waals surface area contributed by atoms with Gasteiger partial charge in [0.25, 0.3) is 0 Å². The number of fused-ring (bicyclic) bond motifs is 13. The van der Waals surface area contributed by atoms with E-state index in [1.54, 1.807) is 0 Å². The molecule has 3 aromatic heterocycles. The van der Waals surface area contributed by atoms with Crippen LogP contribution in [0.1, 0.15) is 0 Å². The van der Waals surface area contributed by atoms with Crippen molar-refractivity contribution in [2.75, 3.05) is 0 Å². The van der Waals surface area contributed by atoms with Crippen LogP contribution in [-0.2, 0) is 0 Å². The summed E-state index contributed by atoms with van der Waals surface area (Å²) in [6.07, 6.45) is 0. The zero-order valence-electron chi connectivity index (χ0n) is 36.0. The molecule has 0 fully saturated rings. The van der Waals surface area contributed by atoms with Crippen molar-refractivity contribution in [3.8, 4) is 44.5 Å². The Morgan fingerprint density at radius 1 is 0.254 bits per heavy atom. The Morgan fingerprint density at radius 3 is 1.10 bits per heavy atom. The first-order chi connectivity index (χ1) is 33.3. The Labute approximate surface area is 400 Å². The molecular formula is C64H36S2Se. The van der Waals surface area contributed by atoms with E-state index in [4.69, 9.17) is 0 Å². The van der Waals surface area contributed by atoms with E-state index in [2.05, 4.69) is 218 Å². The summed E-state index contributed by atoms with van der Waals surface area (Å²) in [5, 5.41) is 18.4. The number of hydrogen-bond donors (Lipinski definition) is 0. The average Bonchev–Trinajstić information content (AvgIpc) is 4.09. The van der Waals surface area contributed by atoms with Crippen LogP contribution in [0.15, 0.2) is 218 Å². The molecule has 0 nitrogen and oxygen atoms in total. The van der Waals surface area contributed by atoms with E-state index < -0.39 is 0 Å². The molecule has 15 rings (SSSR count). The summed E-state index contributed by atoms with van der Waals surface area (Å²) in [7, 11) is 0. The molecule has 0 aliphatic carbocycles. The van der Waals surface area contributed by atoms with Crippen LogP contribution in [0.25, 0.3) is 147 Å². The molecule has 67 heavy (non-hydrogen) atoms. The maximum atomic E-state index is 2.54. The Morgan fingerprint density at radius 2 is 0.627 bits per heavy atom. The van der Waals surface area contributed by atoms with Gasteiger partial charge in [0.15, 0.2) is 0 Å². The molecule has 0 atom stereocenters. The number of benzene rings is 12. The second kappa shape index (κ2) is 14.6. The first-order valence-corrected chi connectivity index (χ1v) is 26.3. The Bertz CT molecular complexity index is 4470. The van der Waals surface area contributed by atoms with Crippen molar-refractivity contribution in [1.82, 2.24) is 0 Å². The van der Waals surface area contributed by atoms with Gasteiger partial charge in [0, 0.05) is 0 Å². The van der Waals surface area contributed by atoms with E-state index in [1.807, 2.05) is 22.7 Å². The van der Waals surface area contributed by atoms with Crippen LogP contribution in [0, 0.1) is 0 Å². The maximum absolute atomic E-state index is 2.54. The summed E-state index contributed by atoms with van der Waals surface area (Å²) < 4.78 is 8.25. The van der Waals surface area contributed by atoms with Gasteiger partial charge in [-0.25, -0.2) is 0 Å². The molecule has 12 aromatic carbocycles. The van der Waals surface area contributed by atoms with Gasteiger partial charge < -0.3 is 0 Å². The number of hydrogen-bond acceptors (Lipinski definition) is 2. The fraction of sp³-hybridized carbons (Fsp3) is 0. The molecule has 0 aliphatic heterocycles. The first kappa shape index (κ1) is 37.8. The molecule has 0 amide bonds. The standard InChI is InChI=1S/C64H36S2Se/c1-3-20-42-40(18-1)58(41-19-2-4-21-43(41)60(42)51-29-13-26-48-38-16-9-11-31-54(38)65-63(48)51)37-34-35-56-53(36-37)62-50(28-15-33-57(62)67-56)59-44-22-5-7-24-46(44)61(47-25-8-6-23-45(47)59)52-30-14-27-49-39-17-10-12-32-55(39)66-64(49)52/h1-36H. The molecule has 0 N–H and O–H groups in total. The van der Waals surface area contributed by atoms with Crippen LogP contribution in [0.3, 0.4) is 0 Å². The molecule has 0 spiro atoms. The second-order valence-electron chi connectivity index (χ2n) is 17.7. The average molecular weight is 948 g/mol. The van der Waals surface area contributed by atoms with Crippen LogP contribution in [0.2, 0.25) is 0 Å². The van der Waals surface area contributed by atoms with E-state index in [0.717, 1.165) is 0 Å². The van der Waals surface area contributed by atoms with Crippen LogP contribution >= 0.6 is 22.7 Å². The predicted molar refractivity (Wildman–Crippen MR) is 296 cm³/mol. The van der Waals surface area contributed by atoms with Crippen LogP contribution in [0.4, 0.5) is 0 Å². The second-order valence-corrected chi connectivity index (χ2v) is 22.1. The molecule has 15 aromatic rings. The van der Waals surface area contributed by atoms with E-state index in [0.29, 0.717) is 0 Å². The van der Waals surface area contributed by atoms with Gasteiger partial charge >= 0.3 is 366 Å². The number of rotatable bonds is 4. The van der Waals surface area contributed by atoms with Gasteiger partial charge in [0.05, 0.1) is 0 Å². The van der Waals surface area contributed by atoms with Crippen LogP contribution in [-0.4, -0.2) is 14.5 Å². The van der Waals surface area contributed by atoms with E-state index in [1.165, 1.54) is 147 Å². The van der Waals surface area contributed by atoms with Crippen molar-refractivity contribution in [1.29, 1.82) is 0 Å². The van der Waals surface area contributed by atoms with Gasteiger partial charge in [-0.15, -0.1) is 0 Å². The molecule has 0 unspecified atom stereocenters. The minimum absolute atomic E-state index is 0.179. The Balaban J connectivity index is 0.992. The SMILES string of the molecule is c1ccc2c(c1)sc1c(-c3c4ccccc4c(-c4ccc5[se]c6cccc(-c7c8ccccc8c(-c8cccc9c8sc8ccccc89)c8ccccc78)c6c5c4)c4ccccc34)cccc12. The third-order valence-electron chi connectivity index (χ3n) is 14.3. The summed E-state index contributed by atoms with van der Waals surface area (Å²) in [6, 6.07) is 82.5. The van der Waals surface area contributed by atoms with Crippen molar-refractivity contribution >= 4 is 140 Å². The molecule has 310 valence electrons.